The van der Waals surface area contributed by atoms with Crippen LogP contribution in [0.3, 0.4) is 0 Å². The average Bonchev–Trinajstić information content (AvgIpc) is 3.06. The Morgan fingerprint density at radius 1 is 0.894 bits per heavy atom. The van der Waals surface area contributed by atoms with Gasteiger partial charge in [-0.2, -0.15) is 0 Å². The summed E-state index contributed by atoms with van der Waals surface area (Å²) in [5, 5.41) is 2.11. The molecular formula is C39H51N2O5S+. The zero-order valence-electron chi connectivity index (χ0n) is 29.0. The van der Waals surface area contributed by atoms with Crippen LogP contribution in [0.15, 0.2) is 71.1 Å². The SMILES string of the molecule is CCCCCCCCOC(=O)CSCC(C)(C)C(=O)OCCN(C)c1ccc2c(-c3ccccc3)c3ccc(=[N+](C)C)cc-3oc2c1. The van der Waals surface area contributed by atoms with Crippen LogP contribution in [0.1, 0.15) is 59.3 Å². The third-order valence-electron chi connectivity index (χ3n) is 8.36. The fourth-order valence-corrected chi connectivity index (χ4v) is 6.44. The lowest BCUT2D eigenvalue weighted by atomic mass is 9.93. The second-order valence-electron chi connectivity index (χ2n) is 13.0. The summed E-state index contributed by atoms with van der Waals surface area (Å²) in [6.45, 7) is 7.15. The Balaban J connectivity index is 1.33. The normalized spacial score (nSPS) is 11.5. The van der Waals surface area contributed by atoms with E-state index in [0.717, 1.165) is 57.3 Å². The molecule has 1 heterocycles. The molecule has 0 radical (unpaired) electrons. The number of benzene rings is 3. The van der Waals surface area contributed by atoms with Crippen LogP contribution in [-0.4, -0.2) is 64.3 Å². The maximum atomic E-state index is 12.9. The van der Waals surface area contributed by atoms with Crippen molar-refractivity contribution in [1.29, 1.82) is 0 Å². The summed E-state index contributed by atoms with van der Waals surface area (Å²) in [5.74, 6) is 1.04. The lowest BCUT2D eigenvalue weighted by Gasteiger charge is -2.24. The number of fused-ring (bicyclic) bond motifs is 2. The second kappa shape index (κ2) is 17.4. The van der Waals surface area contributed by atoms with E-state index in [1.807, 2.05) is 41.1 Å². The summed E-state index contributed by atoms with van der Waals surface area (Å²) in [6, 6.07) is 23.0. The molecule has 8 heteroatoms. The fourth-order valence-electron chi connectivity index (χ4n) is 5.46. The van der Waals surface area contributed by atoms with E-state index in [9.17, 15) is 9.59 Å². The highest BCUT2D eigenvalue weighted by molar-refractivity contribution is 8.00. The average molecular weight is 660 g/mol. The van der Waals surface area contributed by atoms with Crippen molar-refractivity contribution in [3.63, 3.8) is 0 Å². The Labute approximate surface area is 284 Å². The van der Waals surface area contributed by atoms with Crippen LogP contribution < -0.4 is 14.8 Å². The van der Waals surface area contributed by atoms with E-state index in [1.54, 1.807) is 0 Å². The highest BCUT2D eigenvalue weighted by atomic mass is 32.2. The number of carbonyl (C=O) groups excluding carboxylic acids is 2. The van der Waals surface area contributed by atoms with Crippen LogP contribution in [0.2, 0.25) is 0 Å². The van der Waals surface area contributed by atoms with Gasteiger partial charge in [0.2, 0.25) is 5.36 Å². The molecule has 2 aromatic rings. The van der Waals surface area contributed by atoms with E-state index in [4.69, 9.17) is 13.9 Å². The van der Waals surface area contributed by atoms with Gasteiger partial charge in [-0.05, 0) is 44.0 Å². The molecule has 1 aliphatic heterocycles. The van der Waals surface area contributed by atoms with Crippen LogP contribution in [0, 0.1) is 5.41 Å². The van der Waals surface area contributed by atoms with Gasteiger partial charge in [0.15, 0.2) is 0 Å². The molecule has 0 saturated heterocycles. The zero-order valence-corrected chi connectivity index (χ0v) is 29.8. The summed E-state index contributed by atoms with van der Waals surface area (Å²) in [6.07, 6.45) is 6.92. The lowest BCUT2D eigenvalue weighted by molar-refractivity contribution is -0.152. The van der Waals surface area contributed by atoms with E-state index < -0.39 is 5.41 Å². The van der Waals surface area contributed by atoms with Crippen molar-refractivity contribution in [3.8, 4) is 22.5 Å². The van der Waals surface area contributed by atoms with Crippen molar-refractivity contribution < 1.29 is 23.5 Å². The monoisotopic (exact) mass is 659 g/mol. The number of likely N-dealkylation sites (N-methyl/N-ethyl adjacent to an activating group) is 1. The first kappa shape index (κ1) is 36.1. The third kappa shape index (κ3) is 10.1. The van der Waals surface area contributed by atoms with Crippen molar-refractivity contribution in [3.05, 3.63) is 72.1 Å². The predicted molar refractivity (Wildman–Crippen MR) is 195 cm³/mol. The highest BCUT2D eigenvalue weighted by Crippen LogP contribution is 2.40. The molecule has 7 nitrogen and oxygen atoms in total. The maximum Gasteiger partial charge on any atom is 0.315 e. The molecule has 0 bridgehead atoms. The van der Waals surface area contributed by atoms with Crippen LogP contribution in [0.4, 0.5) is 5.69 Å². The fraction of sp³-hybridized carbons (Fsp3) is 0.462. The minimum atomic E-state index is -0.717. The summed E-state index contributed by atoms with van der Waals surface area (Å²) in [5.41, 5.74) is 4.38. The molecule has 2 aliphatic rings. The van der Waals surface area contributed by atoms with Crippen LogP contribution >= 0.6 is 11.8 Å². The van der Waals surface area contributed by atoms with Crippen molar-refractivity contribution >= 4 is 40.4 Å². The van der Waals surface area contributed by atoms with Gasteiger partial charge < -0.3 is 18.8 Å². The highest BCUT2D eigenvalue weighted by Gasteiger charge is 2.30. The molecule has 0 fully saturated rings. The minimum absolute atomic E-state index is 0.224. The third-order valence-corrected chi connectivity index (χ3v) is 9.73. The first-order valence-electron chi connectivity index (χ1n) is 16.8. The van der Waals surface area contributed by atoms with Crippen LogP contribution in [-0.2, 0) is 19.1 Å². The molecule has 4 rings (SSSR count). The number of thioether (sulfide) groups is 1. The number of nitrogens with zero attached hydrogens (tertiary/aromatic N) is 2. The van der Waals surface area contributed by atoms with Gasteiger partial charge in [-0.25, -0.2) is 4.58 Å². The van der Waals surface area contributed by atoms with E-state index in [0.29, 0.717) is 18.9 Å². The minimum Gasteiger partial charge on any atom is -0.465 e. The van der Waals surface area contributed by atoms with Crippen LogP contribution in [0.25, 0.3) is 33.4 Å². The smallest absolute Gasteiger partial charge is 0.315 e. The molecule has 1 aliphatic carbocycles. The van der Waals surface area contributed by atoms with Crippen molar-refractivity contribution in [2.24, 2.45) is 5.41 Å². The van der Waals surface area contributed by atoms with Crippen LogP contribution in [0.5, 0.6) is 0 Å². The number of carbonyl (C=O) groups is 2. The number of hydrogen-bond acceptors (Lipinski definition) is 7. The molecular weight excluding hydrogens is 609 g/mol. The summed E-state index contributed by atoms with van der Waals surface area (Å²) in [7, 11) is 6.03. The Morgan fingerprint density at radius 3 is 2.38 bits per heavy atom. The Bertz CT molecular complexity index is 1660. The quantitative estimate of drug-likeness (QED) is 0.0494. The summed E-state index contributed by atoms with van der Waals surface area (Å²) in [4.78, 5) is 27.1. The zero-order chi connectivity index (χ0) is 33.8. The van der Waals surface area contributed by atoms with Gasteiger partial charge in [0.05, 0.1) is 30.4 Å². The number of anilines is 1. The number of rotatable bonds is 17. The van der Waals surface area contributed by atoms with Crippen molar-refractivity contribution in [2.45, 2.75) is 59.3 Å². The Kier molecular flexibility index (Phi) is 13.3. The van der Waals surface area contributed by atoms with E-state index >= 15 is 0 Å². The first-order chi connectivity index (χ1) is 22.6. The largest absolute Gasteiger partial charge is 0.465 e. The van der Waals surface area contributed by atoms with Gasteiger partial charge in [0.25, 0.3) is 0 Å². The topological polar surface area (TPSA) is 72.0 Å². The molecule has 0 aromatic heterocycles. The molecule has 0 amide bonds. The lowest BCUT2D eigenvalue weighted by Crippen LogP contribution is -2.32. The van der Waals surface area contributed by atoms with Gasteiger partial charge in [-0.15, -0.1) is 11.8 Å². The number of ether oxygens (including phenoxy) is 2. The Hall–Kier alpha value is -3.78. The summed E-state index contributed by atoms with van der Waals surface area (Å²) < 4.78 is 19.6. The number of unbranched alkanes of at least 4 members (excludes halogenated alkanes) is 5. The molecule has 0 unspecified atom stereocenters. The van der Waals surface area contributed by atoms with E-state index in [-0.39, 0.29) is 24.3 Å². The molecule has 47 heavy (non-hydrogen) atoms. The van der Waals surface area contributed by atoms with E-state index in [2.05, 4.69) is 77.1 Å². The summed E-state index contributed by atoms with van der Waals surface area (Å²) >= 11 is 1.41. The molecule has 0 saturated carbocycles. The Morgan fingerprint density at radius 2 is 1.64 bits per heavy atom. The van der Waals surface area contributed by atoms with Crippen molar-refractivity contribution in [2.75, 3.05) is 57.3 Å². The van der Waals surface area contributed by atoms with Gasteiger partial charge in [-0.1, -0.05) is 69.4 Å². The van der Waals surface area contributed by atoms with Gasteiger partial charge in [0.1, 0.15) is 32.0 Å². The molecule has 252 valence electrons. The number of hydrogen-bond donors (Lipinski definition) is 0. The molecule has 0 atom stereocenters. The maximum absolute atomic E-state index is 12.9. The first-order valence-corrected chi connectivity index (χ1v) is 17.9. The standard InChI is InChI=1S/C39H51N2O5S/c1-7-8-9-10-11-15-23-44-36(42)27-47-28-39(2,3)38(43)45-24-22-41(6)31-19-21-33-35(26-31)46-34-25-30(40(4)5)18-20-32(34)37(33)29-16-13-12-14-17-29/h12-14,16-21,25-26H,7-11,15,22-24,27-28H2,1-6H3/q+1. The second-order valence-corrected chi connectivity index (χ2v) is 14.0. The number of esters is 2. The van der Waals surface area contributed by atoms with Gasteiger partial charge >= 0.3 is 11.9 Å². The van der Waals surface area contributed by atoms with Gasteiger partial charge in [0, 0.05) is 47.1 Å². The van der Waals surface area contributed by atoms with Gasteiger partial charge in [-0.3, -0.25) is 9.59 Å². The van der Waals surface area contributed by atoms with E-state index in [1.165, 1.54) is 37.4 Å². The van der Waals surface area contributed by atoms with Crippen molar-refractivity contribution in [1.82, 2.24) is 4.58 Å². The molecule has 0 spiro atoms. The molecule has 0 N–H and O–H groups in total. The molecule has 2 aromatic carbocycles. The predicted octanol–water partition coefficient (Wildman–Crippen LogP) is 7.88.